The molecule has 1 unspecified atom stereocenters. The lowest BCUT2D eigenvalue weighted by atomic mass is 10.1. The van der Waals surface area contributed by atoms with E-state index in [0.717, 1.165) is 11.1 Å². The molecule has 28 heavy (non-hydrogen) atoms. The zero-order valence-corrected chi connectivity index (χ0v) is 15.9. The topological polar surface area (TPSA) is 96.3 Å². The smallest absolute Gasteiger partial charge is 0.255 e. The van der Waals surface area contributed by atoms with E-state index < -0.39 is 17.9 Å². The van der Waals surface area contributed by atoms with E-state index in [1.807, 2.05) is 32.0 Å². The van der Waals surface area contributed by atoms with Crippen molar-refractivity contribution in [2.45, 2.75) is 19.9 Å². The van der Waals surface area contributed by atoms with Crippen molar-refractivity contribution in [3.05, 3.63) is 77.4 Å². The summed E-state index contributed by atoms with van der Waals surface area (Å²) in [6, 6.07) is 10.9. The number of nitrogens with zero attached hydrogens (tertiary/aromatic N) is 2. The minimum Gasteiger partial charge on any atom is -0.507 e. The second-order valence-electron chi connectivity index (χ2n) is 6.64. The first-order valence-electron chi connectivity index (χ1n) is 8.80. The summed E-state index contributed by atoms with van der Waals surface area (Å²) in [6.45, 7) is 3.80. The van der Waals surface area contributed by atoms with E-state index in [-0.39, 0.29) is 11.3 Å². The van der Waals surface area contributed by atoms with Crippen LogP contribution in [0.1, 0.15) is 33.2 Å². The fourth-order valence-electron chi connectivity index (χ4n) is 2.94. The number of nitrogens with one attached hydrogen (secondary N) is 2. The molecule has 144 valence electrons. The summed E-state index contributed by atoms with van der Waals surface area (Å²) in [5.74, 6) is -1.14. The molecule has 2 aromatic carbocycles. The molecular formula is C21H22N4O3. The second kappa shape index (κ2) is 7.96. The van der Waals surface area contributed by atoms with Crippen molar-refractivity contribution in [3.63, 3.8) is 0 Å². The van der Waals surface area contributed by atoms with E-state index in [9.17, 15) is 14.7 Å². The highest BCUT2D eigenvalue weighted by atomic mass is 16.3. The van der Waals surface area contributed by atoms with Crippen LogP contribution in [-0.2, 0) is 11.8 Å². The third-order valence-electron chi connectivity index (χ3n) is 4.44. The first-order valence-corrected chi connectivity index (χ1v) is 8.80. The Bertz CT molecular complexity index is 1010. The average Bonchev–Trinajstić information content (AvgIpc) is 3.09. The number of hydrogen-bond acceptors (Lipinski definition) is 4. The van der Waals surface area contributed by atoms with Crippen molar-refractivity contribution in [2.24, 2.45) is 7.05 Å². The highest BCUT2D eigenvalue weighted by Gasteiger charge is 2.27. The van der Waals surface area contributed by atoms with Gasteiger partial charge >= 0.3 is 0 Å². The molecule has 7 nitrogen and oxygen atoms in total. The molecule has 0 aliphatic heterocycles. The fourth-order valence-corrected chi connectivity index (χ4v) is 2.94. The van der Waals surface area contributed by atoms with Gasteiger partial charge in [-0.25, -0.2) is 4.98 Å². The van der Waals surface area contributed by atoms with Crippen LogP contribution in [-0.4, -0.2) is 26.5 Å². The van der Waals surface area contributed by atoms with Gasteiger partial charge < -0.3 is 20.3 Å². The lowest BCUT2D eigenvalue weighted by Gasteiger charge is -2.19. The van der Waals surface area contributed by atoms with Gasteiger partial charge in [0.25, 0.3) is 11.8 Å². The van der Waals surface area contributed by atoms with Crippen LogP contribution in [0.2, 0.25) is 0 Å². The highest BCUT2D eigenvalue weighted by molar-refractivity contribution is 6.03. The molecule has 0 radical (unpaired) electrons. The van der Waals surface area contributed by atoms with Gasteiger partial charge in [-0.2, -0.15) is 0 Å². The minimum atomic E-state index is -1.02. The van der Waals surface area contributed by atoms with Gasteiger partial charge in [0.15, 0.2) is 6.04 Å². The molecule has 1 atom stereocenters. The number of benzene rings is 2. The van der Waals surface area contributed by atoms with E-state index in [1.54, 1.807) is 36.3 Å². The molecule has 0 saturated carbocycles. The zero-order valence-electron chi connectivity index (χ0n) is 15.9. The molecule has 7 heteroatoms. The van der Waals surface area contributed by atoms with Crippen LogP contribution in [0.25, 0.3) is 0 Å². The number of para-hydroxylation sites is 2. The van der Waals surface area contributed by atoms with Crippen LogP contribution in [0.4, 0.5) is 5.69 Å². The molecule has 0 aliphatic rings. The molecule has 0 fully saturated rings. The van der Waals surface area contributed by atoms with Crippen LogP contribution in [0, 0.1) is 13.8 Å². The molecule has 0 spiro atoms. The summed E-state index contributed by atoms with van der Waals surface area (Å²) in [5.41, 5.74) is 3.02. The number of aromatic hydroxyl groups is 1. The highest BCUT2D eigenvalue weighted by Crippen LogP contribution is 2.23. The molecule has 1 aromatic heterocycles. The van der Waals surface area contributed by atoms with Gasteiger partial charge in [-0.3, -0.25) is 9.59 Å². The van der Waals surface area contributed by atoms with Gasteiger partial charge in [0.05, 0.1) is 17.6 Å². The number of hydrogen-bond donors (Lipinski definition) is 3. The molecule has 3 rings (SSSR count). The third-order valence-corrected chi connectivity index (χ3v) is 4.44. The molecule has 3 aromatic rings. The Morgan fingerprint density at radius 1 is 1.07 bits per heavy atom. The number of aromatic nitrogens is 2. The van der Waals surface area contributed by atoms with Crippen molar-refractivity contribution in [1.29, 1.82) is 0 Å². The van der Waals surface area contributed by atoms with Crippen molar-refractivity contribution in [3.8, 4) is 5.75 Å². The number of imidazole rings is 1. The first kappa shape index (κ1) is 19.2. The number of carbonyl (C=O) groups excluding carboxylic acids is 2. The summed E-state index contributed by atoms with van der Waals surface area (Å²) in [7, 11) is 1.78. The summed E-state index contributed by atoms with van der Waals surface area (Å²) in [4.78, 5) is 29.9. The summed E-state index contributed by atoms with van der Waals surface area (Å²) >= 11 is 0. The van der Waals surface area contributed by atoms with Gasteiger partial charge in [-0.05, 0) is 37.1 Å². The van der Waals surface area contributed by atoms with Crippen molar-refractivity contribution in [1.82, 2.24) is 14.9 Å². The number of rotatable bonds is 5. The van der Waals surface area contributed by atoms with Gasteiger partial charge in [0.2, 0.25) is 0 Å². The SMILES string of the molecule is Cc1cccc(C)c1NC(=O)C(NC(=O)c1ccccc1O)c1cn(C)cn1. The van der Waals surface area contributed by atoms with Crippen molar-refractivity contribution < 1.29 is 14.7 Å². The molecule has 3 N–H and O–H groups in total. The minimum absolute atomic E-state index is 0.0864. The standard InChI is InChI=1S/C21H22N4O3/c1-13-7-6-8-14(2)18(13)23-21(28)19(16-11-25(3)12-22-16)24-20(27)15-9-4-5-10-17(15)26/h4-12,19,26H,1-3H3,(H,23,28)(H,24,27). The zero-order chi connectivity index (χ0) is 20.3. The van der Waals surface area contributed by atoms with Crippen LogP contribution in [0.3, 0.4) is 0 Å². The number of carbonyl (C=O) groups is 2. The molecule has 2 amide bonds. The maximum absolute atomic E-state index is 13.0. The van der Waals surface area contributed by atoms with Crippen LogP contribution >= 0.6 is 0 Å². The Kier molecular flexibility index (Phi) is 5.44. The van der Waals surface area contributed by atoms with E-state index in [0.29, 0.717) is 11.4 Å². The van der Waals surface area contributed by atoms with E-state index in [1.165, 1.54) is 12.1 Å². The largest absolute Gasteiger partial charge is 0.507 e. The van der Waals surface area contributed by atoms with E-state index in [4.69, 9.17) is 0 Å². The van der Waals surface area contributed by atoms with Gasteiger partial charge in [0, 0.05) is 18.9 Å². The van der Waals surface area contributed by atoms with Crippen molar-refractivity contribution in [2.75, 3.05) is 5.32 Å². The predicted octanol–water partition coefficient (Wildman–Crippen LogP) is 2.85. The first-order chi connectivity index (χ1) is 13.4. The third kappa shape index (κ3) is 4.03. The molecule has 0 saturated heterocycles. The summed E-state index contributed by atoms with van der Waals surface area (Å²) in [6.07, 6.45) is 3.22. The van der Waals surface area contributed by atoms with E-state index >= 15 is 0 Å². The molecule has 0 bridgehead atoms. The number of amides is 2. The van der Waals surface area contributed by atoms with Crippen molar-refractivity contribution >= 4 is 17.5 Å². The number of phenols is 1. The normalized spacial score (nSPS) is 11.7. The molecule has 1 heterocycles. The number of anilines is 1. The molecular weight excluding hydrogens is 356 g/mol. The Balaban J connectivity index is 1.90. The number of aryl methyl sites for hydroxylation is 3. The lowest BCUT2D eigenvalue weighted by molar-refractivity contribution is -0.118. The fraction of sp³-hybridized carbons (Fsp3) is 0.190. The maximum Gasteiger partial charge on any atom is 0.255 e. The van der Waals surface area contributed by atoms with Crippen LogP contribution < -0.4 is 10.6 Å². The Labute approximate surface area is 163 Å². The summed E-state index contributed by atoms with van der Waals surface area (Å²) < 4.78 is 1.70. The summed E-state index contributed by atoms with van der Waals surface area (Å²) in [5, 5.41) is 15.5. The maximum atomic E-state index is 13.0. The Hall–Kier alpha value is -3.61. The van der Waals surface area contributed by atoms with Gasteiger partial charge in [-0.1, -0.05) is 30.3 Å². The quantitative estimate of drug-likeness (QED) is 0.636. The van der Waals surface area contributed by atoms with Crippen LogP contribution in [0.15, 0.2) is 55.0 Å². The van der Waals surface area contributed by atoms with Gasteiger partial charge in [0.1, 0.15) is 5.75 Å². The monoisotopic (exact) mass is 378 g/mol. The predicted molar refractivity (Wildman–Crippen MR) is 106 cm³/mol. The van der Waals surface area contributed by atoms with Crippen LogP contribution in [0.5, 0.6) is 5.75 Å². The second-order valence-corrected chi connectivity index (χ2v) is 6.64. The average molecular weight is 378 g/mol. The molecule has 0 aliphatic carbocycles. The Morgan fingerprint density at radius 2 is 1.75 bits per heavy atom. The Morgan fingerprint density at radius 3 is 2.36 bits per heavy atom. The van der Waals surface area contributed by atoms with E-state index in [2.05, 4.69) is 15.6 Å². The lowest BCUT2D eigenvalue weighted by Crippen LogP contribution is -2.37. The number of phenolic OH excluding ortho intramolecular Hbond substituents is 1. The van der Waals surface area contributed by atoms with Gasteiger partial charge in [-0.15, -0.1) is 0 Å².